The molecular weight excluding hydrogens is 288 g/mol. The molecule has 0 fully saturated rings. The second-order valence-corrected chi connectivity index (χ2v) is 6.07. The van der Waals surface area contributed by atoms with Gasteiger partial charge < -0.3 is 20.0 Å². The van der Waals surface area contributed by atoms with E-state index in [0.29, 0.717) is 12.6 Å². The van der Waals surface area contributed by atoms with Gasteiger partial charge in [0, 0.05) is 37.1 Å². The molecule has 0 atom stereocenters. The summed E-state index contributed by atoms with van der Waals surface area (Å²) in [5, 5.41) is 7.82. The van der Waals surface area contributed by atoms with Gasteiger partial charge in [0.15, 0.2) is 5.96 Å². The summed E-state index contributed by atoms with van der Waals surface area (Å²) in [7, 11) is 3.91. The van der Waals surface area contributed by atoms with Crippen LogP contribution in [-0.2, 0) is 6.54 Å². The molecule has 5 heteroatoms. The lowest BCUT2D eigenvalue weighted by Gasteiger charge is -2.21. The lowest BCUT2D eigenvalue weighted by Crippen LogP contribution is -2.41. The molecule has 0 spiro atoms. The molecule has 0 aliphatic rings. The molecule has 0 aliphatic heterocycles. The Morgan fingerprint density at radius 2 is 2.00 bits per heavy atom. The molecule has 1 aromatic carbocycles. The van der Waals surface area contributed by atoms with Crippen molar-refractivity contribution in [2.75, 3.05) is 27.2 Å². The van der Waals surface area contributed by atoms with E-state index in [1.807, 2.05) is 18.2 Å². The highest BCUT2D eigenvalue weighted by Crippen LogP contribution is 2.24. The standard InChI is InChI=1S/C18H28N4O/c1-13(2)22(5)11-10-20-18(19-4)21-12-17-14(3)15-8-6-7-9-16(15)23-17/h6-9,13H,10-12H2,1-5H3,(H2,19,20,21). The van der Waals surface area contributed by atoms with Crippen LogP contribution in [0.25, 0.3) is 11.0 Å². The van der Waals surface area contributed by atoms with Crippen molar-refractivity contribution in [3.8, 4) is 0 Å². The second kappa shape index (κ2) is 8.02. The number of hydrogen-bond donors (Lipinski definition) is 2. The highest BCUT2D eigenvalue weighted by molar-refractivity contribution is 5.82. The zero-order valence-corrected chi connectivity index (χ0v) is 14.8. The SMILES string of the molecule is CN=C(NCCN(C)C(C)C)NCc1oc2ccccc2c1C. The third-order valence-electron chi connectivity index (χ3n) is 4.22. The predicted molar refractivity (Wildman–Crippen MR) is 96.9 cm³/mol. The van der Waals surface area contributed by atoms with E-state index in [4.69, 9.17) is 4.42 Å². The van der Waals surface area contributed by atoms with E-state index in [0.717, 1.165) is 30.4 Å². The Balaban J connectivity index is 1.88. The molecule has 0 saturated carbocycles. The first-order valence-electron chi connectivity index (χ1n) is 8.14. The Labute approximate surface area is 138 Å². The molecule has 1 heterocycles. The van der Waals surface area contributed by atoms with E-state index in [1.165, 1.54) is 10.9 Å². The van der Waals surface area contributed by atoms with Crippen LogP contribution < -0.4 is 10.6 Å². The Bertz CT molecular complexity index is 660. The maximum absolute atomic E-state index is 5.91. The van der Waals surface area contributed by atoms with Crippen molar-refractivity contribution in [1.82, 2.24) is 15.5 Å². The van der Waals surface area contributed by atoms with Gasteiger partial charge >= 0.3 is 0 Å². The summed E-state index contributed by atoms with van der Waals surface area (Å²) in [6.07, 6.45) is 0. The number of hydrogen-bond acceptors (Lipinski definition) is 3. The molecule has 0 amide bonds. The van der Waals surface area contributed by atoms with Crippen LogP contribution in [0.4, 0.5) is 0 Å². The van der Waals surface area contributed by atoms with E-state index in [-0.39, 0.29) is 0 Å². The fourth-order valence-electron chi connectivity index (χ4n) is 2.39. The van der Waals surface area contributed by atoms with Crippen molar-refractivity contribution in [3.05, 3.63) is 35.6 Å². The van der Waals surface area contributed by atoms with Crippen LogP contribution in [0.2, 0.25) is 0 Å². The van der Waals surface area contributed by atoms with Crippen molar-refractivity contribution in [2.45, 2.75) is 33.4 Å². The molecule has 2 N–H and O–H groups in total. The van der Waals surface area contributed by atoms with Crippen molar-refractivity contribution < 1.29 is 4.42 Å². The first-order valence-corrected chi connectivity index (χ1v) is 8.14. The number of likely N-dealkylation sites (N-methyl/N-ethyl adjacent to an activating group) is 1. The first kappa shape index (κ1) is 17.3. The third kappa shape index (κ3) is 4.48. The van der Waals surface area contributed by atoms with Crippen molar-refractivity contribution in [1.29, 1.82) is 0 Å². The highest BCUT2D eigenvalue weighted by atomic mass is 16.3. The Morgan fingerprint density at radius 1 is 1.26 bits per heavy atom. The smallest absolute Gasteiger partial charge is 0.191 e. The molecule has 0 unspecified atom stereocenters. The molecule has 23 heavy (non-hydrogen) atoms. The summed E-state index contributed by atoms with van der Waals surface area (Å²) in [4.78, 5) is 6.56. The molecule has 0 aliphatic carbocycles. The number of rotatable bonds is 6. The van der Waals surface area contributed by atoms with Crippen LogP contribution in [0, 0.1) is 6.92 Å². The number of furan rings is 1. The Morgan fingerprint density at radius 3 is 2.65 bits per heavy atom. The van der Waals surface area contributed by atoms with Gasteiger partial charge in [-0.1, -0.05) is 18.2 Å². The lowest BCUT2D eigenvalue weighted by atomic mass is 10.1. The molecule has 2 aromatic rings. The number of guanidine groups is 1. The number of nitrogens with one attached hydrogen (secondary N) is 2. The molecule has 0 bridgehead atoms. The van der Waals surface area contributed by atoms with E-state index in [2.05, 4.69) is 54.4 Å². The van der Waals surface area contributed by atoms with Gasteiger partial charge in [0.05, 0.1) is 6.54 Å². The quantitative estimate of drug-likeness (QED) is 0.635. The van der Waals surface area contributed by atoms with Gasteiger partial charge in [0.1, 0.15) is 11.3 Å². The van der Waals surface area contributed by atoms with E-state index in [9.17, 15) is 0 Å². The lowest BCUT2D eigenvalue weighted by molar-refractivity contribution is 0.278. The summed E-state index contributed by atoms with van der Waals surface area (Å²) in [5.41, 5.74) is 2.12. The number of aliphatic imine (C=N–C) groups is 1. The van der Waals surface area contributed by atoms with E-state index in [1.54, 1.807) is 7.05 Å². The maximum Gasteiger partial charge on any atom is 0.191 e. The summed E-state index contributed by atoms with van der Waals surface area (Å²) in [6.45, 7) is 8.93. The Kier molecular flexibility index (Phi) is 6.04. The van der Waals surface area contributed by atoms with Crippen molar-refractivity contribution >= 4 is 16.9 Å². The van der Waals surface area contributed by atoms with Gasteiger partial charge in [-0.2, -0.15) is 0 Å². The van der Waals surface area contributed by atoms with Crippen molar-refractivity contribution in [2.24, 2.45) is 4.99 Å². The van der Waals surface area contributed by atoms with Crippen LogP contribution in [0.15, 0.2) is 33.7 Å². The number of para-hydroxylation sites is 1. The minimum atomic E-state index is 0.546. The van der Waals surface area contributed by atoms with E-state index < -0.39 is 0 Å². The largest absolute Gasteiger partial charge is 0.459 e. The maximum atomic E-state index is 5.91. The molecule has 0 radical (unpaired) electrons. The minimum Gasteiger partial charge on any atom is -0.459 e. The number of fused-ring (bicyclic) bond motifs is 1. The summed E-state index contributed by atoms with van der Waals surface area (Å²) >= 11 is 0. The number of benzene rings is 1. The highest BCUT2D eigenvalue weighted by Gasteiger charge is 2.10. The van der Waals surface area contributed by atoms with Crippen LogP contribution in [-0.4, -0.2) is 44.1 Å². The minimum absolute atomic E-state index is 0.546. The zero-order chi connectivity index (χ0) is 16.8. The van der Waals surface area contributed by atoms with Crippen LogP contribution >= 0.6 is 0 Å². The average molecular weight is 316 g/mol. The fraction of sp³-hybridized carbons (Fsp3) is 0.500. The fourth-order valence-corrected chi connectivity index (χ4v) is 2.39. The Hall–Kier alpha value is -2.01. The summed E-state index contributed by atoms with van der Waals surface area (Å²) in [6, 6.07) is 8.67. The number of nitrogens with zero attached hydrogens (tertiary/aromatic N) is 2. The zero-order valence-electron chi connectivity index (χ0n) is 14.8. The predicted octanol–water partition coefficient (Wildman–Crippen LogP) is 2.75. The van der Waals surface area contributed by atoms with Gasteiger partial charge in [-0.3, -0.25) is 4.99 Å². The molecule has 0 saturated heterocycles. The van der Waals surface area contributed by atoms with Crippen LogP contribution in [0.1, 0.15) is 25.2 Å². The summed E-state index contributed by atoms with van der Waals surface area (Å²) < 4.78 is 5.91. The molecule has 2 rings (SSSR count). The first-order chi connectivity index (χ1) is 11.0. The van der Waals surface area contributed by atoms with Gasteiger partial charge in [0.2, 0.25) is 0 Å². The average Bonchev–Trinajstić information content (AvgIpc) is 2.87. The van der Waals surface area contributed by atoms with Gasteiger partial charge in [0.25, 0.3) is 0 Å². The number of aryl methyl sites for hydroxylation is 1. The molecular formula is C18H28N4O. The van der Waals surface area contributed by atoms with Gasteiger partial charge in [-0.15, -0.1) is 0 Å². The van der Waals surface area contributed by atoms with Crippen LogP contribution in [0.5, 0.6) is 0 Å². The third-order valence-corrected chi connectivity index (χ3v) is 4.22. The van der Waals surface area contributed by atoms with E-state index >= 15 is 0 Å². The molecule has 1 aromatic heterocycles. The monoisotopic (exact) mass is 316 g/mol. The normalized spacial score (nSPS) is 12.4. The van der Waals surface area contributed by atoms with Gasteiger partial charge in [-0.25, -0.2) is 0 Å². The van der Waals surface area contributed by atoms with Gasteiger partial charge in [-0.05, 0) is 33.9 Å². The van der Waals surface area contributed by atoms with Crippen LogP contribution in [0.3, 0.4) is 0 Å². The molecule has 5 nitrogen and oxygen atoms in total. The topological polar surface area (TPSA) is 52.8 Å². The second-order valence-electron chi connectivity index (χ2n) is 6.07. The molecule has 126 valence electrons. The summed E-state index contributed by atoms with van der Waals surface area (Å²) in [5.74, 6) is 1.75. The van der Waals surface area contributed by atoms with Crippen molar-refractivity contribution in [3.63, 3.8) is 0 Å².